The molecular formula is C18H20ClN3O3S. The highest BCUT2D eigenvalue weighted by Gasteiger charge is 2.12. The van der Waals surface area contributed by atoms with E-state index in [9.17, 15) is 9.59 Å². The van der Waals surface area contributed by atoms with E-state index < -0.39 is 0 Å². The molecule has 3 amide bonds. The van der Waals surface area contributed by atoms with Crippen molar-refractivity contribution in [1.82, 2.24) is 15.4 Å². The second kappa shape index (κ2) is 9.94. The Kier molecular flexibility index (Phi) is 7.62. The molecule has 0 heterocycles. The molecule has 0 atom stereocenters. The second-order valence-corrected chi connectivity index (χ2v) is 6.59. The fraction of sp³-hybridized carbons (Fsp3) is 0.222. The summed E-state index contributed by atoms with van der Waals surface area (Å²) in [7, 11) is 3.07. The number of hydrogen-bond acceptors (Lipinski definition) is 4. The number of amides is 3. The molecule has 3 N–H and O–H groups in total. The predicted molar refractivity (Wildman–Crippen MR) is 104 cm³/mol. The third-order valence-electron chi connectivity index (χ3n) is 3.52. The Bertz CT molecular complexity index is 769. The van der Waals surface area contributed by atoms with E-state index in [0.717, 1.165) is 10.5 Å². The van der Waals surface area contributed by atoms with Gasteiger partial charge in [-0.15, -0.1) is 0 Å². The van der Waals surface area contributed by atoms with Crippen molar-refractivity contribution in [3.63, 3.8) is 0 Å². The molecule has 138 valence electrons. The Balaban J connectivity index is 1.85. The molecule has 8 heteroatoms. The van der Waals surface area contributed by atoms with Crippen LogP contribution in [0.25, 0.3) is 0 Å². The van der Waals surface area contributed by atoms with Crippen LogP contribution in [0.4, 0.5) is 4.79 Å². The van der Waals surface area contributed by atoms with E-state index in [1.54, 1.807) is 25.2 Å². The van der Waals surface area contributed by atoms with Gasteiger partial charge in [0, 0.05) is 23.5 Å². The van der Waals surface area contributed by atoms with E-state index >= 15 is 0 Å². The average molecular weight is 394 g/mol. The monoisotopic (exact) mass is 393 g/mol. The molecule has 2 rings (SSSR count). The predicted octanol–water partition coefficient (Wildman–Crippen LogP) is 3.26. The summed E-state index contributed by atoms with van der Waals surface area (Å²) in [6, 6.07) is 12.4. The maximum Gasteiger partial charge on any atom is 0.324 e. The SMILES string of the molecule is CNC(=O)NSc1ccc(CCNC(=O)c2cc(Cl)ccc2OC)cc1. The topological polar surface area (TPSA) is 79.5 Å². The zero-order valence-electron chi connectivity index (χ0n) is 14.5. The number of ether oxygens (including phenoxy) is 1. The Morgan fingerprint density at radius 2 is 1.88 bits per heavy atom. The zero-order chi connectivity index (χ0) is 18.9. The highest BCUT2D eigenvalue weighted by molar-refractivity contribution is 7.98. The van der Waals surface area contributed by atoms with Crippen molar-refractivity contribution in [3.8, 4) is 5.75 Å². The maximum atomic E-state index is 12.3. The number of hydrogen-bond donors (Lipinski definition) is 3. The summed E-state index contributed by atoms with van der Waals surface area (Å²) in [6.07, 6.45) is 0.683. The lowest BCUT2D eigenvalue weighted by Gasteiger charge is -2.10. The fourth-order valence-electron chi connectivity index (χ4n) is 2.15. The normalized spacial score (nSPS) is 10.1. The molecule has 0 aliphatic rings. The minimum absolute atomic E-state index is 0.230. The summed E-state index contributed by atoms with van der Waals surface area (Å²) >= 11 is 7.18. The van der Waals surface area contributed by atoms with Crippen LogP contribution in [0.2, 0.25) is 5.02 Å². The van der Waals surface area contributed by atoms with Crippen LogP contribution in [0, 0.1) is 0 Å². The quantitative estimate of drug-likeness (QED) is 0.631. The number of methoxy groups -OCH3 is 1. The Morgan fingerprint density at radius 3 is 2.54 bits per heavy atom. The molecule has 0 radical (unpaired) electrons. The fourth-order valence-corrected chi connectivity index (χ4v) is 2.91. The number of urea groups is 1. The van der Waals surface area contributed by atoms with Gasteiger partial charge in [-0.25, -0.2) is 4.79 Å². The molecule has 2 aromatic carbocycles. The Labute approximate surface area is 161 Å². The van der Waals surface area contributed by atoms with Gasteiger partial charge in [-0.2, -0.15) is 0 Å². The van der Waals surface area contributed by atoms with Crippen LogP contribution in [0.15, 0.2) is 47.4 Å². The standard InChI is InChI=1S/C18H20ClN3O3S/c1-20-18(24)22-26-14-6-3-12(4-7-14)9-10-21-17(23)15-11-13(19)5-8-16(15)25-2/h3-8,11H,9-10H2,1-2H3,(H,21,23)(H2,20,22,24). The molecule has 0 bridgehead atoms. The first-order chi connectivity index (χ1) is 12.5. The molecule has 0 fully saturated rings. The van der Waals surface area contributed by atoms with Gasteiger partial charge in [0.25, 0.3) is 5.91 Å². The van der Waals surface area contributed by atoms with Crippen molar-refractivity contribution < 1.29 is 14.3 Å². The number of nitrogens with one attached hydrogen (secondary N) is 3. The van der Waals surface area contributed by atoms with Gasteiger partial charge in [0.15, 0.2) is 0 Å². The number of carbonyl (C=O) groups is 2. The van der Waals surface area contributed by atoms with Crippen LogP contribution < -0.4 is 20.1 Å². The van der Waals surface area contributed by atoms with Gasteiger partial charge in [-0.1, -0.05) is 23.7 Å². The molecule has 0 unspecified atom stereocenters. The van der Waals surface area contributed by atoms with Gasteiger partial charge in [-0.3, -0.25) is 9.52 Å². The first-order valence-corrected chi connectivity index (χ1v) is 9.08. The number of halogens is 1. The van der Waals surface area contributed by atoms with E-state index in [1.807, 2.05) is 24.3 Å². The molecule has 2 aromatic rings. The van der Waals surface area contributed by atoms with E-state index in [0.29, 0.717) is 29.3 Å². The smallest absolute Gasteiger partial charge is 0.324 e. The first-order valence-electron chi connectivity index (χ1n) is 7.88. The van der Waals surface area contributed by atoms with Crippen LogP contribution in [0.5, 0.6) is 5.75 Å². The van der Waals surface area contributed by atoms with Crippen molar-refractivity contribution in [3.05, 3.63) is 58.6 Å². The van der Waals surface area contributed by atoms with Crippen LogP contribution in [0.1, 0.15) is 15.9 Å². The molecule has 0 saturated heterocycles. The van der Waals surface area contributed by atoms with E-state index in [4.69, 9.17) is 16.3 Å². The summed E-state index contributed by atoms with van der Waals surface area (Å²) in [6.45, 7) is 0.484. The lowest BCUT2D eigenvalue weighted by molar-refractivity contribution is 0.0951. The van der Waals surface area contributed by atoms with Crippen molar-refractivity contribution >= 4 is 35.5 Å². The molecule has 0 aromatic heterocycles. The number of rotatable bonds is 7. The highest BCUT2D eigenvalue weighted by Crippen LogP contribution is 2.22. The van der Waals surface area contributed by atoms with E-state index in [1.165, 1.54) is 19.1 Å². The molecule has 0 saturated carbocycles. The lowest BCUT2D eigenvalue weighted by atomic mass is 10.1. The van der Waals surface area contributed by atoms with E-state index in [2.05, 4.69) is 15.4 Å². The van der Waals surface area contributed by atoms with Crippen molar-refractivity contribution in [2.45, 2.75) is 11.3 Å². The average Bonchev–Trinajstić information content (AvgIpc) is 2.66. The second-order valence-electron chi connectivity index (χ2n) is 5.28. The van der Waals surface area contributed by atoms with Crippen molar-refractivity contribution in [2.24, 2.45) is 0 Å². The van der Waals surface area contributed by atoms with Gasteiger partial charge in [0.1, 0.15) is 5.75 Å². The lowest BCUT2D eigenvalue weighted by Crippen LogP contribution is -2.27. The van der Waals surface area contributed by atoms with Gasteiger partial charge in [0.2, 0.25) is 0 Å². The maximum absolute atomic E-state index is 12.3. The molecular weight excluding hydrogens is 374 g/mol. The van der Waals surface area contributed by atoms with Crippen LogP contribution in [-0.4, -0.2) is 32.6 Å². The molecule has 0 aliphatic carbocycles. The summed E-state index contributed by atoms with van der Waals surface area (Å²) in [5, 5.41) is 5.83. The molecule has 6 nitrogen and oxygen atoms in total. The van der Waals surface area contributed by atoms with Gasteiger partial charge in [0.05, 0.1) is 12.7 Å². The molecule has 26 heavy (non-hydrogen) atoms. The van der Waals surface area contributed by atoms with Crippen LogP contribution in [0.3, 0.4) is 0 Å². The van der Waals surface area contributed by atoms with Crippen molar-refractivity contribution in [1.29, 1.82) is 0 Å². The van der Waals surface area contributed by atoms with Crippen LogP contribution in [-0.2, 0) is 6.42 Å². The number of carbonyl (C=O) groups excluding carboxylic acids is 2. The third-order valence-corrected chi connectivity index (χ3v) is 4.55. The van der Waals surface area contributed by atoms with E-state index in [-0.39, 0.29) is 11.9 Å². The van der Waals surface area contributed by atoms with Gasteiger partial charge in [-0.05, 0) is 54.3 Å². The Hall–Kier alpha value is -2.38. The minimum Gasteiger partial charge on any atom is -0.496 e. The largest absolute Gasteiger partial charge is 0.496 e. The summed E-state index contributed by atoms with van der Waals surface area (Å²) in [5.41, 5.74) is 1.49. The number of benzene rings is 2. The minimum atomic E-state index is -0.252. The summed E-state index contributed by atoms with van der Waals surface area (Å²) in [5.74, 6) is 0.253. The van der Waals surface area contributed by atoms with Crippen LogP contribution >= 0.6 is 23.5 Å². The molecule has 0 spiro atoms. The summed E-state index contributed by atoms with van der Waals surface area (Å²) in [4.78, 5) is 24.4. The summed E-state index contributed by atoms with van der Waals surface area (Å²) < 4.78 is 7.84. The Morgan fingerprint density at radius 1 is 1.15 bits per heavy atom. The molecule has 0 aliphatic heterocycles. The van der Waals surface area contributed by atoms with Gasteiger partial charge >= 0.3 is 6.03 Å². The first kappa shape index (κ1) is 19.9. The third kappa shape index (κ3) is 5.86. The van der Waals surface area contributed by atoms with Gasteiger partial charge < -0.3 is 15.4 Å². The highest BCUT2D eigenvalue weighted by atomic mass is 35.5. The van der Waals surface area contributed by atoms with Crippen molar-refractivity contribution in [2.75, 3.05) is 20.7 Å². The zero-order valence-corrected chi connectivity index (χ0v) is 16.0.